The van der Waals surface area contributed by atoms with Gasteiger partial charge in [-0.25, -0.2) is 13.2 Å². The van der Waals surface area contributed by atoms with Gasteiger partial charge in [0.05, 0.1) is 17.1 Å². The van der Waals surface area contributed by atoms with Crippen LogP contribution in [0, 0.1) is 0 Å². The van der Waals surface area contributed by atoms with Crippen molar-refractivity contribution in [2.45, 2.75) is 25.2 Å². The molecule has 0 bridgehead atoms. The van der Waals surface area contributed by atoms with Crippen molar-refractivity contribution in [3.8, 4) is 0 Å². The number of nitrogens with one attached hydrogen (secondary N) is 1. The molecule has 0 amide bonds. The van der Waals surface area contributed by atoms with Crippen LogP contribution in [-0.4, -0.2) is 21.0 Å². The van der Waals surface area contributed by atoms with Gasteiger partial charge in [0, 0.05) is 5.69 Å². The van der Waals surface area contributed by atoms with E-state index >= 15 is 0 Å². The molecule has 0 atom stereocenters. The SMILES string of the molecule is CCOC(=O)c1ccc(S(=O)(=O)Nc2ccc(CC)cc2)cc1. The normalized spacial score (nSPS) is 11.0. The average Bonchev–Trinajstić information content (AvgIpc) is 2.55. The highest BCUT2D eigenvalue weighted by Gasteiger charge is 2.15. The highest BCUT2D eigenvalue weighted by Crippen LogP contribution is 2.17. The molecule has 0 aromatic heterocycles. The molecule has 0 fully saturated rings. The van der Waals surface area contributed by atoms with Gasteiger partial charge >= 0.3 is 5.97 Å². The minimum Gasteiger partial charge on any atom is -0.462 e. The van der Waals surface area contributed by atoms with Crippen molar-refractivity contribution in [1.82, 2.24) is 0 Å². The number of hydrogen-bond donors (Lipinski definition) is 1. The Hall–Kier alpha value is -2.34. The maximum atomic E-state index is 12.3. The van der Waals surface area contributed by atoms with E-state index in [9.17, 15) is 13.2 Å². The number of anilines is 1. The molecular weight excluding hydrogens is 314 g/mol. The van der Waals surface area contributed by atoms with Gasteiger partial charge in [-0.3, -0.25) is 4.72 Å². The van der Waals surface area contributed by atoms with E-state index in [1.54, 1.807) is 19.1 Å². The van der Waals surface area contributed by atoms with E-state index in [4.69, 9.17) is 4.74 Å². The predicted octanol–water partition coefficient (Wildman–Crippen LogP) is 3.23. The molecule has 122 valence electrons. The van der Waals surface area contributed by atoms with Crippen LogP contribution in [0.15, 0.2) is 53.4 Å². The van der Waals surface area contributed by atoms with Gasteiger partial charge < -0.3 is 4.74 Å². The molecule has 0 aliphatic heterocycles. The third-order valence-electron chi connectivity index (χ3n) is 3.29. The Kier molecular flexibility index (Phi) is 5.39. The maximum Gasteiger partial charge on any atom is 0.338 e. The predicted molar refractivity (Wildman–Crippen MR) is 89.0 cm³/mol. The fourth-order valence-electron chi connectivity index (χ4n) is 2.01. The number of sulfonamides is 1. The zero-order chi connectivity index (χ0) is 16.9. The Morgan fingerprint density at radius 3 is 2.13 bits per heavy atom. The Morgan fingerprint density at radius 2 is 1.61 bits per heavy atom. The highest BCUT2D eigenvalue weighted by atomic mass is 32.2. The molecule has 0 radical (unpaired) electrons. The fraction of sp³-hybridized carbons (Fsp3) is 0.235. The van der Waals surface area contributed by atoms with Crippen molar-refractivity contribution in [3.63, 3.8) is 0 Å². The van der Waals surface area contributed by atoms with Gasteiger partial charge in [0.2, 0.25) is 0 Å². The fourth-order valence-corrected chi connectivity index (χ4v) is 3.07. The molecule has 0 heterocycles. The van der Waals surface area contributed by atoms with Crippen molar-refractivity contribution < 1.29 is 17.9 Å². The van der Waals surface area contributed by atoms with Gasteiger partial charge in [-0.2, -0.15) is 0 Å². The zero-order valence-corrected chi connectivity index (χ0v) is 13.9. The first-order valence-corrected chi connectivity index (χ1v) is 8.83. The lowest BCUT2D eigenvalue weighted by atomic mass is 10.2. The van der Waals surface area contributed by atoms with Gasteiger partial charge in [-0.05, 0) is 55.3 Å². The second kappa shape index (κ2) is 7.28. The van der Waals surface area contributed by atoms with E-state index in [2.05, 4.69) is 4.72 Å². The minimum absolute atomic E-state index is 0.0881. The highest BCUT2D eigenvalue weighted by molar-refractivity contribution is 7.92. The first-order chi connectivity index (χ1) is 11.0. The van der Waals surface area contributed by atoms with Gasteiger partial charge in [0.15, 0.2) is 0 Å². The molecule has 0 aliphatic carbocycles. The van der Waals surface area contributed by atoms with Crippen molar-refractivity contribution in [2.75, 3.05) is 11.3 Å². The molecule has 0 aliphatic rings. The lowest BCUT2D eigenvalue weighted by Gasteiger charge is -2.09. The topological polar surface area (TPSA) is 72.5 Å². The van der Waals surface area contributed by atoms with E-state index in [1.807, 2.05) is 19.1 Å². The van der Waals surface area contributed by atoms with Crippen LogP contribution < -0.4 is 4.72 Å². The Balaban J connectivity index is 2.16. The number of hydrogen-bond acceptors (Lipinski definition) is 4. The molecule has 5 nitrogen and oxygen atoms in total. The summed E-state index contributed by atoms with van der Waals surface area (Å²) in [6.45, 7) is 4.02. The first kappa shape index (κ1) is 17.0. The van der Waals surface area contributed by atoms with Crippen LogP contribution in [-0.2, 0) is 21.2 Å². The van der Waals surface area contributed by atoms with Crippen molar-refractivity contribution in [1.29, 1.82) is 0 Å². The monoisotopic (exact) mass is 333 g/mol. The van der Waals surface area contributed by atoms with Gasteiger partial charge in [-0.15, -0.1) is 0 Å². The second-order valence-corrected chi connectivity index (χ2v) is 6.58. The van der Waals surface area contributed by atoms with Crippen LogP contribution in [0.5, 0.6) is 0 Å². The van der Waals surface area contributed by atoms with Crippen LogP contribution in [0.25, 0.3) is 0 Å². The summed E-state index contributed by atoms with van der Waals surface area (Å²) in [5, 5.41) is 0. The Bertz CT molecular complexity index is 765. The van der Waals surface area contributed by atoms with E-state index < -0.39 is 16.0 Å². The molecule has 0 unspecified atom stereocenters. The van der Waals surface area contributed by atoms with Crippen molar-refractivity contribution >= 4 is 21.7 Å². The molecule has 0 saturated carbocycles. The number of benzene rings is 2. The number of ether oxygens (including phenoxy) is 1. The standard InChI is InChI=1S/C17H19NO4S/c1-3-13-5-9-15(10-6-13)18-23(20,21)16-11-7-14(8-12-16)17(19)22-4-2/h5-12,18H,3-4H2,1-2H3. The van der Waals surface area contributed by atoms with E-state index in [0.29, 0.717) is 11.3 Å². The Morgan fingerprint density at radius 1 is 1.00 bits per heavy atom. The molecule has 1 N–H and O–H groups in total. The van der Waals surface area contributed by atoms with Crippen LogP contribution in [0.3, 0.4) is 0 Å². The van der Waals surface area contributed by atoms with E-state index in [0.717, 1.165) is 12.0 Å². The number of carbonyl (C=O) groups excluding carboxylic acids is 1. The summed E-state index contributed by atoms with van der Waals surface area (Å²) in [5.74, 6) is -0.473. The number of carbonyl (C=O) groups is 1. The summed E-state index contributed by atoms with van der Waals surface area (Å²) in [6.07, 6.45) is 0.891. The largest absolute Gasteiger partial charge is 0.462 e. The molecule has 2 rings (SSSR count). The summed E-state index contributed by atoms with van der Waals surface area (Å²) in [7, 11) is -3.69. The summed E-state index contributed by atoms with van der Waals surface area (Å²) >= 11 is 0. The van der Waals surface area contributed by atoms with Gasteiger partial charge in [0.25, 0.3) is 10.0 Å². The minimum atomic E-state index is -3.69. The van der Waals surface area contributed by atoms with Crippen LogP contribution in [0.4, 0.5) is 5.69 Å². The van der Waals surface area contributed by atoms with Gasteiger partial charge in [-0.1, -0.05) is 19.1 Å². The van der Waals surface area contributed by atoms with Crippen LogP contribution >= 0.6 is 0 Å². The molecular formula is C17H19NO4S. The summed E-state index contributed by atoms with van der Waals surface area (Å²) < 4.78 is 32.1. The smallest absolute Gasteiger partial charge is 0.338 e. The quantitative estimate of drug-likeness (QED) is 0.824. The Labute approximate surface area is 136 Å². The lowest BCUT2D eigenvalue weighted by Crippen LogP contribution is -2.13. The number of esters is 1. The molecule has 2 aromatic carbocycles. The van der Waals surface area contributed by atoms with E-state index in [1.165, 1.54) is 24.3 Å². The summed E-state index contributed by atoms with van der Waals surface area (Å²) in [6, 6.07) is 12.8. The molecule has 0 spiro atoms. The first-order valence-electron chi connectivity index (χ1n) is 7.35. The zero-order valence-electron chi connectivity index (χ0n) is 13.1. The third-order valence-corrected chi connectivity index (χ3v) is 4.69. The van der Waals surface area contributed by atoms with Crippen LogP contribution in [0.1, 0.15) is 29.8 Å². The summed E-state index contributed by atoms with van der Waals surface area (Å²) in [5.41, 5.74) is 1.95. The molecule has 6 heteroatoms. The summed E-state index contributed by atoms with van der Waals surface area (Å²) in [4.78, 5) is 11.7. The van der Waals surface area contributed by atoms with Gasteiger partial charge in [0.1, 0.15) is 0 Å². The maximum absolute atomic E-state index is 12.3. The third kappa shape index (κ3) is 4.32. The second-order valence-electron chi connectivity index (χ2n) is 4.90. The van der Waals surface area contributed by atoms with Crippen LogP contribution in [0.2, 0.25) is 0 Å². The molecule has 23 heavy (non-hydrogen) atoms. The average molecular weight is 333 g/mol. The van der Waals surface area contributed by atoms with E-state index in [-0.39, 0.29) is 11.5 Å². The van der Waals surface area contributed by atoms with Crippen molar-refractivity contribution in [2.24, 2.45) is 0 Å². The molecule has 0 saturated heterocycles. The number of aryl methyl sites for hydroxylation is 1. The van der Waals surface area contributed by atoms with Crippen molar-refractivity contribution in [3.05, 3.63) is 59.7 Å². The molecule has 2 aromatic rings. The lowest BCUT2D eigenvalue weighted by molar-refractivity contribution is 0.0526. The number of rotatable bonds is 6.